The standard InChI is InChI=1S/C12H22N2O/c1-3-4-8-14(9-10-15)11-12-6-5-7-13(12)2/h5-7,15H,3-4,8-11H2,1-2H3. The fourth-order valence-corrected chi connectivity index (χ4v) is 1.68. The number of aliphatic hydroxyl groups is 1. The van der Waals surface area contributed by atoms with Crippen LogP contribution in [0.2, 0.25) is 0 Å². The van der Waals surface area contributed by atoms with Gasteiger partial charge in [0.1, 0.15) is 0 Å². The summed E-state index contributed by atoms with van der Waals surface area (Å²) in [4.78, 5) is 2.30. The second-order valence-electron chi connectivity index (χ2n) is 3.96. The number of aliphatic hydroxyl groups excluding tert-OH is 1. The lowest BCUT2D eigenvalue weighted by atomic mass is 10.3. The molecular weight excluding hydrogens is 188 g/mol. The van der Waals surface area contributed by atoms with Crippen LogP contribution in [0.4, 0.5) is 0 Å². The third kappa shape index (κ3) is 4.06. The van der Waals surface area contributed by atoms with Crippen LogP contribution in [0.25, 0.3) is 0 Å². The molecule has 1 rings (SSSR count). The fraction of sp³-hybridized carbons (Fsp3) is 0.667. The molecule has 0 saturated carbocycles. The van der Waals surface area contributed by atoms with Gasteiger partial charge in [0.25, 0.3) is 0 Å². The monoisotopic (exact) mass is 210 g/mol. The Morgan fingerprint density at radius 1 is 1.40 bits per heavy atom. The molecule has 0 amide bonds. The molecule has 0 aromatic carbocycles. The summed E-state index contributed by atoms with van der Waals surface area (Å²) in [6, 6.07) is 4.20. The fourth-order valence-electron chi connectivity index (χ4n) is 1.68. The number of aryl methyl sites for hydroxylation is 1. The molecule has 0 aliphatic heterocycles. The molecule has 0 unspecified atom stereocenters. The van der Waals surface area contributed by atoms with Crippen LogP contribution in [-0.4, -0.2) is 34.3 Å². The lowest BCUT2D eigenvalue weighted by Gasteiger charge is -2.21. The summed E-state index contributed by atoms with van der Waals surface area (Å²) in [6.45, 7) is 5.21. The summed E-state index contributed by atoms with van der Waals surface area (Å²) < 4.78 is 2.14. The van der Waals surface area contributed by atoms with Gasteiger partial charge in [-0.25, -0.2) is 0 Å². The van der Waals surface area contributed by atoms with Crippen LogP contribution >= 0.6 is 0 Å². The zero-order valence-electron chi connectivity index (χ0n) is 9.82. The molecule has 1 heterocycles. The Kier molecular flexibility index (Phi) is 5.43. The van der Waals surface area contributed by atoms with E-state index in [0.29, 0.717) is 0 Å². The van der Waals surface area contributed by atoms with Crippen LogP contribution in [0.15, 0.2) is 18.3 Å². The van der Waals surface area contributed by atoms with E-state index in [4.69, 9.17) is 5.11 Å². The highest BCUT2D eigenvalue weighted by atomic mass is 16.3. The van der Waals surface area contributed by atoms with Gasteiger partial charge in [-0.05, 0) is 25.1 Å². The highest BCUT2D eigenvalue weighted by molar-refractivity contribution is 5.06. The Bertz CT molecular complexity index is 270. The van der Waals surface area contributed by atoms with Crippen LogP contribution in [-0.2, 0) is 13.6 Å². The van der Waals surface area contributed by atoms with Crippen LogP contribution in [0.5, 0.6) is 0 Å². The predicted molar refractivity (Wildman–Crippen MR) is 62.7 cm³/mol. The maximum atomic E-state index is 8.99. The summed E-state index contributed by atoms with van der Waals surface area (Å²) in [6.07, 6.45) is 4.46. The van der Waals surface area contributed by atoms with Crippen molar-refractivity contribution >= 4 is 0 Å². The van der Waals surface area contributed by atoms with E-state index in [2.05, 4.69) is 41.8 Å². The van der Waals surface area contributed by atoms with E-state index in [0.717, 1.165) is 19.6 Å². The van der Waals surface area contributed by atoms with Gasteiger partial charge < -0.3 is 9.67 Å². The van der Waals surface area contributed by atoms with Gasteiger partial charge in [0.05, 0.1) is 6.61 Å². The minimum atomic E-state index is 0.244. The number of aromatic nitrogens is 1. The molecule has 15 heavy (non-hydrogen) atoms. The molecule has 3 nitrogen and oxygen atoms in total. The number of hydrogen-bond acceptors (Lipinski definition) is 2. The molecule has 0 saturated heterocycles. The van der Waals surface area contributed by atoms with Gasteiger partial charge in [0.2, 0.25) is 0 Å². The van der Waals surface area contributed by atoms with Gasteiger partial charge in [0.15, 0.2) is 0 Å². The van der Waals surface area contributed by atoms with Gasteiger partial charge in [-0.15, -0.1) is 0 Å². The van der Waals surface area contributed by atoms with Gasteiger partial charge in [-0.3, -0.25) is 4.90 Å². The highest BCUT2D eigenvalue weighted by Gasteiger charge is 2.06. The second kappa shape index (κ2) is 6.64. The number of nitrogens with zero attached hydrogens (tertiary/aromatic N) is 2. The van der Waals surface area contributed by atoms with Gasteiger partial charge >= 0.3 is 0 Å². The van der Waals surface area contributed by atoms with Crippen molar-refractivity contribution in [2.24, 2.45) is 7.05 Å². The zero-order chi connectivity index (χ0) is 11.1. The molecule has 0 aliphatic rings. The second-order valence-corrected chi connectivity index (χ2v) is 3.96. The average molecular weight is 210 g/mol. The van der Waals surface area contributed by atoms with E-state index in [-0.39, 0.29) is 6.61 Å². The van der Waals surface area contributed by atoms with Crippen molar-refractivity contribution < 1.29 is 5.11 Å². The summed E-state index contributed by atoms with van der Waals surface area (Å²) >= 11 is 0. The van der Waals surface area contributed by atoms with E-state index >= 15 is 0 Å². The number of hydrogen-bond donors (Lipinski definition) is 1. The Labute approximate surface area is 92.3 Å². The van der Waals surface area contributed by atoms with Crippen molar-refractivity contribution in [1.82, 2.24) is 9.47 Å². The quantitative estimate of drug-likeness (QED) is 0.741. The van der Waals surface area contributed by atoms with Gasteiger partial charge in [-0.1, -0.05) is 13.3 Å². The molecule has 0 bridgehead atoms. The Hall–Kier alpha value is -0.800. The Morgan fingerprint density at radius 2 is 2.20 bits per heavy atom. The molecule has 86 valence electrons. The minimum Gasteiger partial charge on any atom is -0.395 e. The first kappa shape index (κ1) is 12.3. The lowest BCUT2D eigenvalue weighted by Crippen LogP contribution is -2.28. The molecular formula is C12H22N2O. The first-order chi connectivity index (χ1) is 7.27. The molecule has 0 fully saturated rings. The third-order valence-corrected chi connectivity index (χ3v) is 2.68. The zero-order valence-corrected chi connectivity index (χ0v) is 9.82. The van der Waals surface area contributed by atoms with E-state index in [1.807, 2.05) is 0 Å². The van der Waals surface area contributed by atoms with Crippen molar-refractivity contribution in [2.75, 3.05) is 19.7 Å². The third-order valence-electron chi connectivity index (χ3n) is 2.68. The molecule has 1 N–H and O–H groups in total. The molecule has 0 atom stereocenters. The summed E-state index contributed by atoms with van der Waals surface area (Å²) in [7, 11) is 2.06. The molecule has 0 radical (unpaired) electrons. The van der Waals surface area contributed by atoms with Crippen LogP contribution < -0.4 is 0 Å². The molecule has 1 aromatic rings. The SMILES string of the molecule is CCCCN(CCO)Cc1cccn1C. The number of unbranched alkanes of at least 4 members (excludes halogenated alkanes) is 1. The Morgan fingerprint density at radius 3 is 2.73 bits per heavy atom. The van der Waals surface area contributed by atoms with Crippen molar-refractivity contribution in [3.63, 3.8) is 0 Å². The lowest BCUT2D eigenvalue weighted by molar-refractivity contribution is 0.186. The largest absolute Gasteiger partial charge is 0.395 e. The van der Waals surface area contributed by atoms with Crippen molar-refractivity contribution in [3.8, 4) is 0 Å². The van der Waals surface area contributed by atoms with E-state index in [9.17, 15) is 0 Å². The van der Waals surface area contributed by atoms with Crippen LogP contribution in [0, 0.1) is 0 Å². The topological polar surface area (TPSA) is 28.4 Å². The van der Waals surface area contributed by atoms with Crippen molar-refractivity contribution in [2.45, 2.75) is 26.3 Å². The molecule has 3 heteroatoms. The molecule has 0 aliphatic carbocycles. The van der Waals surface area contributed by atoms with Gasteiger partial charge in [0, 0.05) is 32.0 Å². The van der Waals surface area contributed by atoms with E-state index in [1.165, 1.54) is 18.5 Å². The van der Waals surface area contributed by atoms with Crippen molar-refractivity contribution in [1.29, 1.82) is 0 Å². The smallest absolute Gasteiger partial charge is 0.0558 e. The minimum absolute atomic E-state index is 0.244. The van der Waals surface area contributed by atoms with Crippen LogP contribution in [0.1, 0.15) is 25.5 Å². The maximum Gasteiger partial charge on any atom is 0.0558 e. The van der Waals surface area contributed by atoms with E-state index in [1.54, 1.807) is 0 Å². The first-order valence-electron chi connectivity index (χ1n) is 5.71. The summed E-state index contributed by atoms with van der Waals surface area (Å²) in [5, 5.41) is 8.99. The molecule has 1 aromatic heterocycles. The highest BCUT2D eigenvalue weighted by Crippen LogP contribution is 2.05. The summed E-state index contributed by atoms with van der Waals surface area (Å²) in [5.74, 6) is 0. The van der Waals surface area contributed by atoms with Crippen molar-refractivity contribution in [3.05, 3.63) is 24.0 Å². The normalized spacial score (nSPS) is 11.2. The number of rotatable bonds is 7. The summed E-state index contributed by atoms with van der Waals surface area (Å²) in [5.41, 5.74) is 1.31. The van der Waals surface area contributed by atoms with Gasteiger partial charge in [-0.2, -0.15) is 0 Å². The maximum absolute atomic E-state index is 8.99. The molecule has 0 spiro atoms. The van der Waals surface area contributed by atoms with Crippen LogP contribution in [0.3, 0.4) is 0 Å². The Balaban J connectivity index is 2.46. The average Bonchev–Trinajstić information content (AvgIpc) is 2.61. The first-order valence-corrected chi connectivity index (χ1v) is 5.71. The predicted octanol–water partition coefficient (Wildman–Crippen LogP) is 1.62. The van der Waals surface area contributed by atoms with E-state index < -0.39 is 0 Å².